The van der Waals surface area contributed by atoms with Crippen molar-refractivity contribution in [3.63, 3.8) is 0 Å². The van der Waals surface area contributed by atoms with Gasteiger partial charge in [-0.15, -0.1) is 0 Å². The van der Waals surface area contributed by atoms with Gasteiger partial charge in [0.15, 0.2) is 0 Å². The predicted octanol–water partition coefficient (Wildman–Crippen LogP) is 4.50. The monoisotopic (exact) mass is 441 g/mol. The van der Waals surface area contributed by atoms with Crippen molar-refractivity contribution in [1.82, 2.24) is 0 Å². The second kappa shape index (κ2) is 9.82. The van der Waals surface area contributed by atoms with Gasteiger partial charge in [-0.3, -0.25) is 9.59 Å². The first-order valence-electron chi connectivity index (χ1n) is 11.2. The number of carbonyl (C=O) groups excluding carboxylic acids is 2. The summed E-state index contributed by atoms with van der Waals surface area (Å²) in [6, 6.07) is 25.1. The first kappa shape index (κ1) is 22.5. The van der Waals surface area contributed by atoms with Crippen LogP contribution in [0.1, 0.15) is 57.3 Å². The van der Waals surface area contributed by atoms with Crippen LogP contribution in [0.5, 0.6) is 0 Å². The standard InChI is InChI=1S/C28H27NO4/c29-27(31)25(24(19-11-5-2-6-12-19)17-18-9-3-1-4-10-18)22-15-7-14-21-20(22)13-8-16-23(21)26(30)28(32)33/h1-6,8-13,16,22,24-25H,7,14-15,17H2,(H2,29,31)(H,32,33). The Morgan fingerprint density at radius 3 is 2.21 bits per heavy atom. The maximum Gasteiger partial charge on any atom is 0.377 e. The number of primary amides is 1. The van der Waals surface area contributed by atoms with E-state index in [4.69, 9.17) is 5.73 Å². The van der Waals surface area contributed by atoms with Crippen LogP contribution in [-0.2, 0) is 22.4 Å². The van der Waals surface area contributed by atoms with Crippen LogP contribution in [0.4, 0.5) is 0 Å². The molecule has 0 saturated carbocycles. The van der Waals surface area contributed by atoms with Gasteiger partial charge in [-0.2, -0.15) is 0 Å². The van der Waals surface area contributed by atoms with Crippen LogP contribution in [-0.4, -0.2) is 22.8 Å². The van der Waals surface area contributed by atoms with Crippen molar-refractivity contribution >= 4 is 17.7 Å². The van der Waals surface area contributed by atoms with Crippen LogP contribution in [0.2, 0.25) is 0 Å². The van der Waals surface area contributed by atoms with Gasteiger partial charge in [-0.25, -0.2) is 4.79 Å². The summed E-state index contributed by atoms with van der Waals surface area (Å²) in [5.41, 5.74) is 10.0. The molecule has 0 spiro atoms. The smallest absolute Gasteiger partial charge is 0.377 e. The summed E-state index contributed by atoms with van der Waals surface area (Å²) < 4.78 is 0. The Labute approximate surface area is 193 Å². The van der Waals surface area contributed by atoms with E-state index in [1.54, 1.807) is 12.1 Å². The number of aliphatic carboxylic acids is 1. The number of carboxylic acids is 1. The molecule has 1 amide bonds. The van der Waals surface area contributed by atoms with Crippen molar-refractivity contribution in [3.8, 4) is 0 Å². The molecule has 0 saturated heterocycles. The fourth-order valence-electron chi connectivity index (χ4n) is 5.28. The zero-order valence-electron chi connectivity index (χ0n) is 18.3. The molecular formula is C28H27NO4. The fourth-order valence-corrected chi connectivity index (χ4v) is 5.28. The molecule has 3 N–H and O–H groups in total. The van der Waals surface area contributed by atoms with Crippen molar-refractivity contribution in [2.45, 2.75) is 37.5 Å². The molecule has 1 aliphatic rings. The summed E-state index contributed by atoms with van der Waals surface area (Å²) >= 11 is 0. The minimum atomic E-state index is -1.47. The summed E-state index contributed by atoms with van der Waals surface area (Å²) in [7, 11) is 0. The van der Waals surface area contributed by atoms with Crippen molar-refractivity contribution < 1.29 is 19.5 Å². The second-order valence-electron chi connectivity index (χ2n) is 8.64. The molecule has 0 radical (unpaired) electrons. The van der Waals surface area contributed by atoms with Crippen LogP contribution in [0.3, 0.4) is 0 Å². The van der Waals surface area contributed by atoms with Crippen LogP contribution < -0.4 is 5.73 Å². The Morgan fingerprint density at radius 1 is 0.909 bits per heavy atom. The average molecular weight is 442 g/mol. The number of Topliss-reactive ketones (excluding diaryl/α,β-unsaturated/α-hetero) is 1. The minimum Gasteiger partial charge on any atom is -0.475 e. The highest BCUT2D eigenvalue weighted by molar-refractivity contribution is 6.40. The molecule has 0 aliphatic heterocycles. The van der Waals surface area contributed by atoms with Gasteiger partial charge in [0.1, 0.15) is 0 Å². The van der Waals surface area contributed by atoms with Crippen LogP contribution >= 0.6 is 0 Å². The quantitative estimate of drug-likeness (QED) is 0.397. The molecule has 168 valence electrons. The highest BCUT2D eigenvalue weighted by Crippen LogP contribution is 2.45. The molecule has 5 heteroatoms. The summed E-state index contributed by atoms with van der Waals surface area (Å²) in [6.45, 7) is 0. The molecule has 1 aliphatic carbocycles. The van der Waals surface area contributed by atoms with E-state index in [1.165, 1.54) is 0 Å². The SMILES string of the molecule is NC(=O)C(C(Cc1ccccc1)c1ccccc1)C1CCCc2c(C(=O)C(=O)O)cccc21. The number of benzene rings is 3. The van der Waals surface area contributed by atoms with Crippen LogP contribution in [0, 0.1) is 5.92 Å². The summed E-state index contributed by atoms with van der Waals surface area (Å²) in [4.78, 5) is 36.7. The molecular weight excluding hydrogens is 414 g/mol. The molecule has 4 rings (SSSR count). The molecule has 0 heterocycles. The van der Waals surface area contributed by atoms with Gasteiger partial charge in [-0.1, -0.05) is 78.9 Å². The number of ketones is 1. The van der Waals surface area contributed by atoms with E-state index in [0.717, 1.165) is 35.1 Å². The van der Waals surface area contributed by atoms with E-state index in [2.05, 4.69) is 0 Å². The van der Waals surface area contributed by atoms with Crippen molar-refractivity contribution in [1.29, 1.82) is 0 Å². The van der Waals surface area contributed by atoms with Crippen LogP contribution in [0.25, 0.3) is 0 Å². The lowest BCUT2D eigenvalue weighted by atomic mass is 9.67. The fraction of sp³-hybridized carbons (Fsp3) is 0.250. The van der Waals surface area contributed by atoms with Crippen molar-refractivity contribution in [3.05, 3.63) is 107 Å². The Balaban J connectivity index is 1.81. The Bertz CT molecular complexity index is 1160. The number of fused-ring (bicyclic) bond motifs is 1. The Hall–Kier alpha value is -3.73. The lowest BCUT2D eigenvalue weighted by Gasteiger charge is -2.36. The largest absolute Gasteiger partial charge is 0.475 e. The molecule has 33 heavy (non-hydrogen) atoms. The van der Waals surface area contributed by atoms with Gasteiger partial charge in [0.05, 0.1) is 5.92 Å². The van der Waals surface area contributed by atoms with Crippen molar-refractivity contribution in [2.24, 2.45) is 11.7 Å². The zero-order valence-corrected chi connectivity index (χ0v) is 18.3. The first-order chi connectivity index (χ1) is 16.0. The second-order valence-corrected chi connectivity index (χ2v) is 8.64. The number of carboxylic acid groups (broad SMARTS) is 1. The maximum absolute atomic E-state index is 13.0. The lowest BCUT2D eigenvalue weighted by Crippen LogP contribution is -2.36. The van der Waals surface area contributed by atoms with Gasteiger partial charge in [-0.05, 0) is 53.9 Å². The Morgan fingerprint density at radius 2 is 1.58 bits per heavy atom. The molecule has 0 aromatic heterocycles. The predicted molar refractivity (Wildman–Crippen MR) is 126 cm³/mol. The molecule has 3 unspecified atom stereocenters. The highest BCUT2D eigenvalue weighted by Gasteiger charge is 2.39. The third-order valence-corrected chi connectivity index (χ3v) is 6.71. The normalized spacial score (nSPS) is 16.9. The summed E-state index contributed by atoms with van der Waals surface area (Å²) in [5, 5.41) is 9.28. The van der Waals surface area contributed by atoms with E-state index >= 15 is 0 Å². The third kappa shape index (κ3) is 4.72. The molecule has 0 bridgehead atoms. The topological polar surface area (TPSA) is 97.5 Å². The molecule has 3 aromatic carbocycles. The van der Waals surface area contributed by atoms with E-state index < -0.39 is 17.7 Å². The molecule has 0 fully saturated rings. The number of carbonyl (C=O) groups is 3. The molecule has 5 nitrogen and oxygen atoms in total. The first-order valence-corrected chi connectivity index (χ1v) is 11.2. The van der Waals surface area contributed by atoms with E-state index in [1.807, 2.05) is 66.7 Å². The minimum absolute atomic E-state index is 0.152. The van der Waals surface area contributed by atoms with Gasteiger partial charge < -0.3 is 10.8 Å². The molecule has 3 aromatic rings. The van der Waals surface area contributed by atoms with Crippen LogP contribution in [0.15, 0.2) is 78.9 Å². The van der Waals surface area contributed by atoms with Gasteiger partial charge >= 0.3 is 5.97 Å². The summed E-state index contributed by atoms with van der Waals surface area (Å²) in [5.74, 6) is -3.60. The molecule has 3 atom stereocenters. The van der Waals surface area contributed by atoms with E-state index in [9.17, 15) is 19.5 Å². The van der Waals surface area contributed by atoms with E-state index in [0.29, 0.717) is 12.8 Å². The number of amides is 1. The van der Waals surface area contributed by atoms with Crippen molar-refractivity contribution in [2.75, 3.05) is 0 Å². The zero-order chi connectivity index (χ0) is 23.4. The van der Waals surface area contributed by atoms with Gasteiger partial charge in [0, 0.05) is 11.5 Å². The summed E-state index contributed by atoms with van der Waals surface area (Å²) in [6.07, 6.45) is 2.78. The van der Waals surface area contributed by atoms with Gasteiger partial charge in [0.2, 0.25) is 5.91 Å². The number of hydrogen-bond donors (Lipinski definition) is 2. The maximum atomic E-state index is 13.0. The number of nitrogens with two attached hydrogens (primary N) is 1. The number of hydrogen-bond acceptors (Lipinski definition) is 3. The third-order valence-electron chi connectivity index (χ3n) is 6.71. The van der Waals surface area contributed by atoms with E-state index in [-0.39, 0.29) is 23.3 Å². The highest BCUT2D eigenvalue weighted by atomic mass is 16.4. The average Bonchev–Trinajstić information content (AvgIpc) is 2.84. The number of rotatable bonds is 8. The Kier molecular flexibility index (Phi) is 6.68. The lowest BCUT2D eigenvalue weighted by molar-refractivity contribution is -0.131. The van der Waals surface area contributed by atoms with Gasteiger partial charge in [0.25, 0.3) is 5.78 Å².